The van der Waals surface area contributed by atoms with E-state index in [1.807, 2.05) is 29.5 Å². The van der Waals surface area contributed by atoms with Gasteiger partial charge in [-0.2, -0.15) is 0 Å². The highest BCUT2D eigenvalue weighted by atomic mass is 32.1. The molecule has 1 heterocycles. The first-order valence-electron chi connectivity index (χ1n) is 13.4. The maximum atomic E-state index is 7.54. The van der Waals surface area contributed by atoms with Crippen molar-refractivity contribution in [1.29, 1.82) is 0 Å². The third-order valence-corrected chi connectivity index (χ3v) is 13.8. The van der Waals surface area contributed by atoms with Crippen LogP contribution >= 0.6 is 11.3 Å². The highest BCUT2D eigenvalue weighted by molar-refractivity contribution is 7.27. The van der Waals surface area contributed by atoms with Gasteiger partial charge >= 0.3 is 0 Å². The van der Waals surface area contributed by atoms with Gasteiger partial charge in [-0.15, -0.1) is 11.3 Å². The predicted octanol–water partition coefficient (Wildman–Crippen LogP) is 7.65. The van der Waals surface area contributed by atoms with Crippen molar-refractivity contribution in [2.45, 2.75) is 0 Å². The van der Waals surface area contributed by atoms with E-state index in [-0.39, 0.29) is 0 Å². The van der Waals surface area contributed by atoms with Crippen LogP contribution in [0.4, 0.5) is 5.69 Å². The minimum absolute atomic E-state index is 0.659. The maximum Gasteiger partial charge on any atom is 0.187 e. The Morgan fingerprint density at radius 2 is 1.07 bits per heavy atom. The van der Waals surface area contributed by atoms with Crippen LogP contribution in [-0.4, -0.2) is 8.07 Å². The Kier molecular flexibility index (Phi) is 6.13. The topological polar surface area (TPSA) is 4.36 Å². The standard InChI is InChI=1S/C37H25NSSi/c1-38-29-15-10-13-27(25-29)28-14-11-20-32(26-28)40(30-16-4-2-5-17-30,31-18-6-3-7-19-31)36-24-12-23-35-37(36)33-21-8-9-22-34(33)39-35/h2-26H. The van der Waals surface area contributed by atoms with Crippen molar-refractivity contribution in [1.82, 2.24) is 0 Å². The SMILES string of the molecule is [C-]#[N+]c1cccc(-c2cccc([Si](c3ccccc3)(c3ccccc3)c3cccc4sc5ccccc5c34)c2)c1. The summed E-state index contributed by atoms with van der Waals surface area (Å²) in [6.45, 7) is 7.54. The Hall–Kier alpha value is -4.75. The molecule has 0 aliphatic heterocycles. The van der Waals surface area contributed by atoms with E-state index in [1.54, 1.807) is 0 Å². The van der Waals surface area contributed by atoms with Crippen molar-refractivity contribution < 1.29 is 0 Å². The average molecular weight is 544 g/mol. The van der Waals surface area contributed by atoms with Gasteiger partial charge in [0.2, 0.25) is 0 Å². The summed E-state index contributed by atoms with van der Waals surface area (Å²) in [6, 6.07) is 54.9. The van der Waals surface area contributed by atoms with Gasteiger partial charge in [0.25, 0.3) is 0 Å². The van der Waals surface area contributed by atoms with Crippen molar-refractivity contribution in [2.75, 3.05) is 0 Å². The van der Waals surface area contributed by atoms with E-state index in [4.69, 9.17) is 6.57 Å². The van der Waals surface area contributed by atoms with Crippen molar-refractivity contribution in [2.24, 2.45) is 0 Å². The third kappa shape index (κ3) is 3.89. The Morgan fingerprint density at radius 3 is 1.80 bits per heavy atom. The highest BCUT2D eigenvalue weighted by Crippen LogP contribution is 2.34. The summed E-state index contributed by atoms with van der Waals surface area (Å²) in [5.41, 5.74) is 2.86. The molecule has 0 amide bonds. The van der Waals surface area contributed by atoms with Gasteiger partial charge in [-0.25, -0.2) is 4.85 Å². The number of hydrogen-bond acceptors (Lipinski definition) is 1. The van der Waals surface area contributed by atoms with Crippen LogP contribution in [-0.2, 0) is 0 Å². The van der Waals surface area contributed by atoms with Crippen LogP contribution in [0.25, 0.3) is 36.1 Å². The minimum atomic E-state index is -2.79. The zero-order valence-electron chi connectivity index (χ0n) is 21.8. The lowest BCUT2D eigenvalue weighted by Crippen LogP contribution is -2.74. The van der Waals surface area contributed by atoms with Crippen LogP contribution in [0, 0.1) is 6.57 Å². The van der Waals surface area contributed by atoms with E-state index in [9.17, 15) is 0 Å². The molecule has 40 heavy (non-hydrogen) atoms. The summed E-state index contributed by atoms with van der Waals surface area (Å²) >= 11 is 1.88. The molecular formula is C37H25NSSi. The Morgan fingerprint density at radius 1 is 0.500 bits per heavy atom. The van der Waals surface area contributed by atoms with Crippen LogP contribution in [0.15, 0.2) is 152 Å². The second-order valence-electron chi connectivity index (χ2n) is 10.0. The number of nitrogens with zero attached hydrogens (tertiary/aromatic N) is 1. The van der Waals surface area contributed by atoms with Crippen molar-refractivity contribution in [3.8, 4) is 11.1 Å². The van der Waals surface area contributed by atoms with E-state index in [2.05, 4.69) is 138 Å². The van der Waals surface area contributed by atoms with Crippen LogP contribution < -0.4 is 20.7 Å². The number of benzene rings is 6. The Bertz CT molecular complexity index is 1980. The van der Waals surface area contributed by atoms with Gasteiger partial charge in [-0.3, -0.25) is 0 Å². The van der Waals surface area contributed by atoms with Gasteiger partial charge in [0.15, 0.2) is 13.8 Å². The van der Waals surface area contributed by atoms with Gasteiger partial charge in [-0.1, -0.05) is 133 Å². The fourth-order valence-corrected chi connectivity index (χ4v) is 12.4. The molecule has 1 aromatic heterocycles. The molecule has 0 unspecified atom stereocenters. The first kappa shape index (κ1) is 24.3. The van der Waals surface area contributed by atoms with Gasteiger partial charge in [0.1, 0.15) is 0 Å². The molecule has 6 aromatic carbocycles. The second kappa shape index (κ2) is 10.1. The number of hydrogen-bond donors (Lipinski definition) is 0. The Balaban J connectivity index is 1.63. The monoisotopic (exact) mass is 543 g/mol. The molecule has 0 bridgehead atoms. The van der Waals surface area contributed by atoms with E-state index < -0.39 is 8.07 Å². The largest absolute Gasteiger partial charge is 0.238 e. The zero-order chi connectivity index (χ0) is 26.9. The first-order chi connectivity index (χ1) is 19.8. The van der Waals surface area contributed by atoms with Crippen molar-refractivity contribution >= 4 is 66.0 Å². The lowest BCUT2D eigenvalue weighted by Gasteiger charge is -2.35. The summed E-state index contributed by atoms with van der Waals surface area (Å²) in [5, 5.41) is 8.14. The first-order valence-corrected chi connectivity index (χ1v) is 16.2. The van der Waals surface area contributed by atoms with Crippen LogP contribution in [0.3, 0.4) is 0 Å². The lowest BCUT2D eigenvalue weighted by atomic mass is 10.1. The molecule has 0 aliphatic carbocycles. The second-order valence-corrected chi connectivity index (χ2v) is 14.9. The molecule has 0 aliphatic rings. The number of fused-ring (bicyclic) bond motifs is 3. The quantitative estimate of drug-likeness (QED) is 0.119. The zero-order valence-corrected chi connectivity index (χ0v) is 23.6. The molecule has 0 saturated carbocycles. The van der Waals surface area contributed by atoms with E-state index in [0.717, 1.165) is 11.1 Å². The van der Waals surface area contributed by atoms with Crippen molar-refractivity contribution in [3.05, 3.63) is 163 Å². The lowest BCUT2D eigenvalue weighted by molar-refractivity contribution is 1.63. The van der Waals surface area contributed by atoms with E-state index in [0.29, 0.717) is 5.69 Å². The highest BCUT2D eigenvalue weighted by Gasteiger charge is 2.43. The van der Waals surface area contributed by atoms with Crippen molar-refractivity contribution in [3.63, 3.8) is 0 Å². The molecule has 7 aromatic rings. The summed E-state index contributed by atoms with van der Waals surface area (Å²) in [6.07, 6.45) is 0. The Labute approximate surface area is 239 Å². The van der Waals surface area contributed by atoms with Gasteiger partial charge in [0, 0.05) is 20.2 Å². The maximum absolute atomic E-state index is 7.54. The van der Waals surface area contributed by atoms with E-state index >= 15 is 0 Å². The van der Waals surface area contributed by atoms with Gasteiger partial charge < -0.3 is 0 Å². The van der Waals surface area contributed by atoms with Gasteiger partial charge in [-0.05, 0) is 50.1 Å². The third-order valence-electron chi connectivity index (χ3n) is 7.82. The molecule has 7 rings (SSSR count). The summed E-state index contributed by atoms with van der Waals surface area (Å²) in [4.78, 5) is 3.69. The summed E-state index contributed by atoms with van der Waals surface area (Å²) in [5.74, 6) is 0. The molecule has 0 fully saturated rings. The molecule has 0 atom stereocenters. The van der Waals surface area contributed by atoms with Crippen LogP contribution in [0.1, 0.15) is 0 Å². The van der Waals surface area contributed by atoms with Gasteiger partial charge in [0.05, 0.1) is 6.57 Å². The molecule has 0 radical (unpaired) electrons. The number of rotatable bonds is 5. The molecule has 0 spiro atoms. The smallest absolute Gasteiger partial charge is 0.187 e. The molecule has 0 N–H and O–H groups in total. The minimum Gasteiger partial charge on any atom is -0.238 e. The average Bonchev–Trinajstić information content (AvgIpc) is 3.42. The van der Waals surface area contributed by atoms with E-state index in [1.165, 1.54) is 40.9 Å². The molecule has 0 saturated heterocycles. The summed E-state index contributed by atoms with van der Waals surface area (Å²) < 4.78 is 2.64. The number of thiophene rings is 1. The molecule has 3 heteroatoms. The fourth-order valence-electron chi connectivity index (χ4n) is 6.12. The van der Waals surface area contributed by atoms with Crippen LogP contribution in [0.2, 0.25) is 0 Å². The van der Waals surface area contributed by atoms with Crippen LogP contribution in [0.5, 0.6) is 0 Å². The normalized spacial score (nSPS) is 11.5. The molecule has 1 nitrogen and oxygen atoms in total. The summed E-state index contributed by atoms with van der Waals surface area (Å²) in [7, 11) is -2.79. The fraction of sp³-hybridized carbons (Fsp3) is 0. The molecule has 188 valence electrons. The predicted molar refractivity (Wildman–Crippen MR) is 175 cm³/mol. The molecular weight excluding hydrogens is 519 g/mol.